The molecular formula is C16H26O2. The van der Waals surface area contributed by atoms with Crippen LogP contribution in [-0.2, 0) is 9.53 Å². The first-order valence-electron chi connectivity index (χ1n) is 6.89. The summed E-state index contributed by atoms with van der Waals surface area (Å²) < 4.78 is 4.69. The Kier molecular flexibility index (Phi) is 12.8. The molecule has 102 valence electrons. The molecule has 0 unspecified atom stereocenters. The molecule has 0 N–H and O–H groups in total. The van der Waals surface area contributed by atoms with E-state index in [1.807, 2.05) is 6.08 Å². The van der Waals surface area contributed by atoms with E-state index in [4.69, 9.17) is 4.74 Å². The van der Waals surface area contributed by atoms with Gasteiger partial charge in [-0.1, -0.05) is 37.6 Å². The van der Waals surface area contributed by atoms with Gasteiger partial charge in [-0.25, -0.2) is 0 Å². The number of carbonyl (C=O) groups excluding carboxylic acids is 1. The molecule has 18 heavy (non-hydrogen) atoms. The van der Waals surface area contributed by atoms with Gasteiger partial charge in [0.25, 0.3) is 0 Å². The molecule has 0 aliphatic rings. The van der Waals surface area contributed by atoms with Crippen LogP contribution in [0.25, 0.3) is 0 Å². The van der Waals surface area contributed by atoms with Crippen LogP contribution in [0.2, 0.25) is 0 Å². The van der Waals surface area contributed by atoms with Crippen LogP contribution in [0.5, 0.6) is 0 Å². The number of esters is 1. The zero-order chi connectivity index (χ0) is 13.5. The van der Waals surface area contributed by atoms with Crippen molar-refractivity contribution in [2.75, 3.05) is 0 Å². The van der Waals surface area contributed by atoms with Gasteiger partial charge in [0, 0.05) is 6.92 Å². The maximum absolute atomic E-state index is 10.5. The summed E-state index contributed by atoms with van der Waals surface area (Å²) in [6, 6.07) is 0. The Bertz CT molecular complexity index is 275. The second-order valence-corrected chi connectivity index (χ2v) is 4.23. The fraction of sp³-hybridized carbons (Fsp3) is 0.562. The van der Waals surface area contributed by atoms with Crippen LogP contribution in [0, 0.1) is 0 Å². The number of carbonyl (C=O) groups is 1. The van der Waals surface area contributed by atoms with E-state index in [9.17, 15) is 4.79 Å². The van der Waals surface area contributed by atoms with Crippen molar-refractivity contribution in [3.8, 4) is 0 Å². The van der Waals surface area contributed by atoms with Crippen molar-refractivity contribution in [2.24, 2.45) is 0 Å². The highest BCUT2D eigenvalue weighted by Gasteiger charge is 1.86. The molecule has 0 aromatic heterocycles. The monoisotopic (exact) mass is 250 g/mol. The molecule has 0 heterocycles. The molecule has 0 aliphatic heterocycles. The molecule has 0 aromatic rings. The lowest BCUT2D eigenvalue weighted by Gasteiger charge is -1.93. The topological polar surface area (TPSA) is 26.3 Å². The van der Waals surface area contributed by atoms with Gasteiger partial charge in [0.05, 0.1) is 6.26 Å². The Hall–Kier alpha value is -1.31. The molecule has 2 nitrogen and oxygen atoms in total. The third-order valence-electron chi connectivity index (χ3n) is 2.38. The second kappa shape index (κ2) is 13.8. The Morgan fingerprint density at radius 3 is 2.17 bits per heavy atom. The molecule has 0 fully saturated rings. The first-order valence-corrected chi connectivity index (χ1v) is 6.89. The normalized spacial score (nSPS) is 11.9. The van der Waals surface area contributed by atoms with Gasteiger partial charge in [0.1, 0.15) is 0 Å². The Morgan fingerprint density at radius 2 is 1.56 bits per heavy atom. The first kappa shape index (κ1) is 16.7. The van der Waals surface area contributed by atoms with Crippen LogP contribution in [0.3, 0.4) is 0 Å². The van der Waals surface area contributed by atoms with Crippen LogP contribution in [0.1, 0.15) is 58.8 Å². The second-order valence-electron chi connectivity index (χ2n) is 4.23. The molecule has 0 aliphatic carbocycles. The average Bonchev–Trinajstić information content (AvgIpc) is 2.34. The van der Waals surface area contributed by atoms with Crippen molar-refractivity contribution in [1.82, 2.24) is 0 Å². The zero-order valence-electron chi connectivity index (χ0n) is 11.7. The van der Waals surface area contributed by atoms with Crippen molar-refractivity contribution in [1.29, 1.82) is 0 Å². The summed E-state index contributed by atoms with van der Waals surface area (Å²) in [4.78, 5) is 10.5. The van der Waals surface area contributed by atoms with Gasteiger partial charge in [-0.2, -0.15) is 0 Å². The van der Waals surface area contributed by atoms with Crippen LogP contribution in [0.15, 0.2) is 36.6 Å². The lowest BCUT2D eigenvalue weighted by atomic mass is 10.2. The molecule has 0 bridgehead atoms. The largest absolute Gasteiger partial charge is 0.435 e. The van der Waals surface area contributed by atoms with E-state index in [1.54, 1.807) is 0 Å². The van der Waals surface area contributed by atoms with E-state index in [0.717, 1.165) is 25.7 Å². The standard InChI is InChI=1S/C16H26O2/c1-3-4-5-6-7-8-9-10-11-12-13-14-15-18-16(2)17/h5-6,8-9,14-15H,3-4,7,10-13H2,1-2H3. The van der Waals surface area contributed by atoms with E-state index in [1.165, 1.54) is 32.4 Å². The van der Waals surface area contributed by atoms with Gasteiger partial charge in [-0.3, -0.25) is 4.79 Å². The lowest BCUT2D eigenvalue weighted by molar-refractivity contribution is -0.135. The van der Waals surface area contributed by atoms with Crippen molar-refractivity contribution in [2.45, 2.75) is 58.8 Å². The Balaban J connectivity index is 3.27. The quantitative estimate of drug-likeness (QED) is 0.238. The molecule has 0 atom stereocenters. The summed E-state index contributed by atoms with van der Waals surface area (Å²) >= 11 is 0. The molecule has 0 saturated carbocycles. The molecule has 0 amide bonds. The number of allylic oxidation sites excluding steroid dienone is 5. The van der Waals surface area contributed by atoms with Crippen molar-refractivity contribution < 1.29 is 9.53 Å². The van der Waals surface area contributed by atoms with Crippen LogP contribution < -0.4 is 0 Å². The van der Waals surface area contributed by atoms with Gasteiger partial charge in [-0.05, 0) is 44.6 Å². The van der Waals surface area contributed by atoms with Gasteiger partial charge in [0.2, 0.25) is 0 Å². The highest BCUT2D eigenvalue weighted by molar-refractivity contribution is 5.66. The molecular weight excluding hydrogens is 224 g/mol. The Morgan fingerprint density at radius 1 is 0.944 bits per heavy atom. The summed E-state index contributed by atoms with van der Waals surface area (Å²) in [6.45, 7) is 3.60. The summed E-state index contributed by atoms with van der Waals surface area (Å²) in [5.41, 5.74) is 0. The highest BCUT2D eigenvalue weighted by Crippen LogP contribution is 2.02. The molecule has 0 aromatic carbocycles. The van der Waals surface area contributed by atoms with E-state index < -0.39 is 0 Å². The zero-order valence-corrected chi connectivity index (χ0v) is 11.7. The maximum atomic E-state index is 10.5. The fourth-order valence-corrected chi connectivity index (χ4v) is 1.41. The van der Waals surface area contributed by atoms with Crippen LogP contribution in [0.4, 0.5) is 0 Å². The van der Waals surface area contributed by atoms with E-state index in [2.05, 4.69) is 31.2 Å². The van der Waals surface area contributed by atoms with E-state index >= 15 is 0 Å². The van der Waals surface area contributed by atoms with Gasteiger partial charge in [-0.15, -0.1) is 0 Å². The van der Waals surface area contributed by atoms with Crippen molar-refractivity contribution in [3.63, 3.8) is 0 Å². The summed E-state index contributed by atoms with van der Waals surface area (Å²) in [5.74, 6) is -0.259. The highest BCUT2D eigenvalue weighted by atomic mass is 16.5. The molecule has 2 heteroatoms. The molecule has 0 saturated heterocycles. The van der Waals surface area contributed by atoms with Crippen LogP contribution in [-0.4, -0.2) is 5.97 Å². The molecule has 0 spiro atoms. The van der Waals surface area contributed by atoms with Crippen molar-refractivity contribution in [3.05, 3.63) is 36.6 Å². The van der Waals surface area contributed by atoms with Gasteiger partial charge >= 0.3 is 5.97 Å². The SMILES string of the molecule is CCCC=CCC=CCCCCC=COC(C)=O. The minimum absolute atomic E-state index is 0.259. The third-order valence-corrected chi connectivity index (χ3v) is 2.38. The maximum Gasteiger partial charge on any atom is 0.307 e. The minimum Gasteiger partial charge on any atom is -0.435 e. The fourth-order valence-electron chi connectivity index (χ4n) is 1.41. The third kappa shape index (κ3) is 14.7. The predicted octanol–water partition coefficient (Wildman–Crippen LogP) is 4.93. The first-order chi connectivity index (χ1) is 8.77. The van der Waals surface area contributed by atoms with Crippen molar-refractivity contribution >= 4 is 5.97 Å². The van der Waals surface area contributed by atoms with Gasteiger partial charge < -0.3 is 4.74 Å². The summed E-state index contributed by atoms with van der Waals surface area (Å²) in [5, 5.41) is 0. The average molecular weight is 250 g/mol. The summed E-state index contributed by atoms with van der Waals surface area (Å²) in [6.07, 6.45) is 20.2. The number of hydrogen-bond acceptors (Lipinski definition) is 2. The molecule has 0 rings (SSSR count). The Labute approximate surface area is 111 Å². The summed E-state index contributed by atoms with van der Waals surface area (Å²) in [7, 11) is 0. The van der Waals surface area contributed by atoms with E-state index in [0.29, 0.717) is 0 Å². The lowest BCUT2D eigenvalue weighted by Crippen LogP contribution is -1.89. The number of rotatable bonds is 10. The van der Waals surface area contributed by atoms with Gasteiger partial charge in [0.15, 0.2) is 0 Å². The number of unbranched alkanes of at least 4 members (excludes halogenated alkanes) is 4. The predicted molar refractivity (Wildman–Crippen MR) is 77.2 cm³/mol. The molecule has 0 radical (unpaired) electrons. The minimum atomic E-state index is -0.259. The number of ether oxygens (including phenoxy) is 1. The van der Waals surface area contributed by atoms with E-state index in [-0.39, 0.29) is 5.97 Å². The number of hydrogen-bond donors (Lipinski definition) is 0. The smallest absolute Gasteiger partial charge is 0.307 e. The van der Waals surface area contributed by atoms with Crippen LogP contribution >= 0.6 is 0 Å².